The molecule has 1 N–H and O–H groups in total. The molecule has 0 radical (unpaired) electrons. The minimum Gasteiger partial charge on any atom is -0.508 e. The minimum atomic E-state index is -0.259. The van der Waals surface area contributed by atoms with Crippen molar-refractivity contribution in [1.82, 2.24) is 0 Å². The van der Waals surface area contributed by atoms with E-state index in [0.717, 1.165) is 11.1 Å². The van der Waals surface area contributed by atoms with Crippen LogP contribution in [-0.4, -0.2) is 10.9 Å². The summed E-state index contributed by atoms with van der Waals surface area (Å²) in [5.74, 6) is -0.0919. The molecular formula is C19H16O2S. The predicted molar refractivity (Wildman–Crippen MR) is 91.2 cm³/mol. The van der Waals surface area contributed by atoms with Crippen molar-refractivity contribution >= 4 is 23.2 Å². The zero-order valence-electron chi connectivity index (χ0n) is 12.2. The fourth-order valence-electron chi connectivity index (χ4n) is 2.33. The van der Waals surface area contributed by atoms with Gasteiger partial charge in [0.05, 0.1) is 5.92 Å². The molecule has 0 saturated heterocycles. The average Bonchev–Trinajstić information content (AvgIpc) is 3.18. The van der Waals surface area contributed by atoms with E-state index < -0.39 is 0 Å². The number of thiophene rings is 1. The van der Waals surface area contributed by atoms with Crippen LogP contribution in [0.15, 0.2) is 65.6 Å². The maximum Gasteiger partial charge on any atom is 0.173 e. The lowest BCUT2D eigenvalue weighted by Crippen LogP contribution is -2.08. The second-order valence-electron chi connectivity index (χ2n) is 5.27. The van der Waals surface area contributed by atoms with Crippen molar-refractivity contribution in [3.05, 3.63) is 81.6 Å². The molecule has 0 aliphatic heterocycles. The van der Waals surface area contributed by atoms with E-state index in [1.54, 1.807) is 29.5 Å². The largest absolute Gasteiger partial charge is 0.508 e. The van der Waals surface area contributed by atoms with Gasteiger partial charge in [-0.2, -0.15) is 0 Å². The summed E-state index contributed by atoms with van der Waals surface area (Å²) in [7, 11) is 0. The molecule has 3 rings (SSSR count). The van der Waals surface area contributed by atoms with Crippen molar-refractivity contribution in [2.24, 2.45) is 5.92 Å². The van der Waals surface area contributed by atoms with E-state index in [1.807, 2.05) is 48.8 Å². The topological polar surface area (TPSA) is 37.3 Å². The number of phenols is 1. The predicted octanol–water partition coefficient (Wildman–Crippen LogP) is 4.77. The number of hydrogen-bond acceptors (Lipinski definition) is 3. The molecule has 2 nitrogen and oxygen atoms in total. The lowest BCUT2D eigenvalue weighted by molar-refractivity contribution is 0.0965. The average molecular weight is 308 g/mol. The summed E-state index contributed by atoms with van der Waals surface area (Å²) in [5.41, 5.74) is 2.34. The van der Waals surface area contributed by atoms with E-state index >= 15 is 0 Å². The van der Waals surface area contributed by atoms with Crippen LogP contribution in [0.3, 0.4) is 0 Å². The molecule has 1 aliphatic carbocycles. The summed E-state index contributed by atoms with van der Waals surface area (Å²) in [6.45, 7) is 1.81. The highest BCUT2D eigenvalue weighted by atomic mass is 32.1. The maximum absolute atomic E-state index is 12.5. The van der Waals surface area contributed by atoms with Gasteiger partial charge in [0, 0.05) is 10.4 Å². The molecule has 0 bridgehead atoms. The Kier molecular flexibility index (Phi) is 4.07. The number of benzene rings is 1. The molecule has 0 amide bonds. The van der Waals surface area contributed by atoms with Crippen molar-refractivity contribution < 1.29 is 9.90 Å². The molecule has 1 aromatic heterocycles. The molecule has 1 unspecified atom stereocenters. The van der Waals surface area contributed by atoms with E-state index in [0.29, 0.717) is 5.56 Å². The van der Waals surface area contributed by atoms with Crippen LogP contribution in [0.5, 0.6) is 5.75 Å². The molecule has 2 aromatic rings. The summed E-state index contributed by atoms with van der Waals surface area (Å²) in [5, 5.41) is 11.8. The highest BCUT2D eigenvalue weighted by Crippen LogP contribution is 2.25. The lowest BCUT2D eigenvalue weighted by atomic mass is 9.97. The molecule has 1 heterocycles. The first kappa shape index (κ1) is 14.5. The molecule has 0 fully saturated rings. The number of carbonyl (C=O) groups excluding carboxylic acids is 1. The Balaban J connectivity index is 1.75. The van der Waals surface area contributed by atoms with Crippen LogP contribution < -0.4 is 0 Å². The van der Waals surface area contributed by atoms with Crippen molar-refractivity contribution in [2.75, 3.05) is 0 Å². The van der Waals surface area contributed by atoms with Crippen LogP contribution in [-0.2, 0) is 0 Å². The number of carbonyl (C=O) groups is 1. The molecule has 1 aliphatic rings. The fourth-order valence-corrected chi connectivity index (χ4v) is 2.95. The van der Waals surface area contributed by atoms with E-state index in [1.165, 1.54) is 4.88 Å². The fraction of sp³-hybridized carbons (Fsp3) is 0.105. The van der Waals surface area contributed by atoms with Crippen LogP contribution in [0, 0.1) is 12.8 Å². The Morgan fingerprint density at radius 2 is 2.14 bits per heavy atom. The lowest BCUT2D eigenvalue weighted by Gasteiger charge is -2.06. The van der Waals surface area contributed by atoms with Crippen molar-refractivity contribution in [3.8, 4) is 5.75 Å². The van der Waals surface area contributed by atoms with Gasteiger partial charge in [-0.3, -0.25) is 4.79 Å². The summed E-state index contributed by atoms with van der Waals surface area (Å²) in [6.07, 6.45) is 9.87. The molecule has 1 atom stereocenters. The Morgan fingerprint density at radius 1 is 1.27 bits per heavy atom. The Bertz CT molecular complexity index is 780. The first-order valence-electron chi connectivity index (χ1n) is 7.09. The van der Waals surface area contributed by atoms with Gasteiger partial charge in [-0.25, -0.2) is 0 Å². The third-order valence-electron chi connectivity index (χ3n) is 3.65. The van der Waals surface area contributed by atoms with E-state index in [-0.39, 0.29) is 17.5 Å². The number of Topliss-reactive ketones (excluding diaryl/α,β-unsaturated/α-hetero) is 1. The Hall–Kier alpha value is -2.39. The highest BCUT2D eigenvalue weighted by molar-refractivity contribution is 7.10. The van der Waals surface area contributed by atoms with Gasteiger partial charge in [0.25, 0.3) is 0 Å². The van der Waals surface area contributed by atoms with Crippen LogP contribution in [0.25, 0.3) is 6.08 Å². The van der Waals surface area contributed by atoms with Gasteiger partial charge in [0.2, 0.25) is 0 Å². The van der Waals surface area contributed by atoms with Crippen molar-refractivity contribution in [1.29, 1.82) is 0 Å². The molecular weight excluding hydrogens is 292 g/mol. The maximum atomic E-state index is 12.5. The Morgan fingerprint density at radius 3 is 2.86 bits per heavy atom. The smallest absolute Gasteiger partial charge is 0.173 e. The zero-order valence-corrected chi connectivity index (χ0v) is 13.0. The monoisotopic (exact) mass is 308 g/mol. The molecule has 0 saturated carbocycles. The zero-order chi connectivity index (χ0) is 15.5. The second kappa shape index (κ2) is 6.16. The summed E-state index contributed by atoms with van der Waals surface area (Å²) >= 11 is 1.68. The first-order valence-corrected chi connectivity index (χ1v) is 7.97. The standard InChI is InChI=1S/C19H16O2S/c1-13-4-7-16(12-18(13)20)19(21)15-8-5-14(11-15)6-9-17-3-2-10-22-17/h2-12,15,20H,1H3/b9-6+. The van der Waals surface area contributed by atoms with Gasteiger partial charge in [-0.1, -0.05) is 42.5 Å². The van der Waals surface area contributed by atoms with Gasteiger partial charge in [0.15, 0.2) is 5.78 Å². The number of aromatic hydroxyl groups is 1. The highest BCUT2D eigenvalue weighted by Gasteiger charge is 2.19. The third kappa shape index (κ3) is 3.10. The number of aryl methyl sites for hydroxylation is 1. The quantitative estimate of drug-likeness (QED) is 0.826. The number of ketones is 1. The van der Waals surface area contributed by atoms with Crippen LogP contribution in [0.2, 0.25) is 0 Å². The second-order valence-corrected chi connectivity index (χ2v) is 6.25. The van der Waals surface area contributed by atoms with Crippen LogP contribution in [0.1, 0.15) is 20.8 Å². The van der Waals surface area contributed by atoms with Crippen LogP contribution in [0.4, 0.5) is 0 Å². The molecule has 0 spiro atoms. The number of rotatable bonds is 4. The first-order chi connectivity index (χ1) is 10.6. The molecule has 110 valence electrons. The molecule has 3 heteroatoms. The van der Waals surface area contributed by atoms with Crippen molar-refractivity contribution in [3.63, 3.8) is 0 Å². The SMILES string of the molecule is Cc1ccc(C(=O)C2C=CC(/C=C/c3cccs3)=C2)cc1O. The van der Waals surface area contributed by atoms with Gasteiger partial charge in [-0.15, -0.1) is 11.3 Å². The van der Waals surface area contributed by atoms with E-state index in [9.17, 15) is 9.90 Å². The number of hydrogen-bond donors (Lipinski definition) is 1. The molecule has 1 aromatic carbocycles. The normalized spacial score (nSPS) is 17.1. The number of phenolic OH excluding ortho intramolecular Hbond substituents is 1. The number of allylic oxidation sites excluding steroid dienone is 5. The summed E-state index contributed by atoms with van der Waals surface area (Å²) < 4.78 is 0. The third-order valence-corrected chi connectivity index (χ3v) is 4.49. The van der Waals surface area contributed by atoms with Gasteiger partial charge >= 0.3 is 0 Å². The molecule has 22 heavy (non-hydrogen) atoms. The van der Waals surface area contributed by atoms with E-state index in [4.69, 9.17) is 0 Å². The van der Waals surface area contributed by atoms with E-state index in [2.05, 4.69) is 6.07 Å². The van der Waals surface area contributed by atoms with Crippen molar-refractivity contribution in [2.45, 2.75) is 6.92 Å². The van der Waals surface area contributed by atoms with Gasteiger partial charge in [-0.05, 0) is 41.6 Å². The summed E-state index contributed by atoms with van der Waals surface area (Å²) in [6, 6.07) is 9.14. The van der Waals surface area contributed by atoms with Gasteiger partial charge < -0.3 is 5.11 Å². The van der Waals surface area contributed by atoms with Gasteiger partial charge in [0.1, 0.15) is 5.75 Å². The minimum absolute atomic E-state index is 0.00562. The van der Waals surface area contributed by atoms with Crippen LogP contribution >= 0.6 is 11.3 Å². The summed E-state index contributed by atoms with van der Waals surface area (Å²) in [4.78, 5) is 13.6. The Labute approximate surface area is 133 Å².